The van der Waals surface area contributed by atoms with Crippen LogP contribution in [0.15, 0.2) is 54.9 Å². The van der Waals surface area contributed by atoms with E-state index in [0.29, 0.717) is 30.5 Å². The Labute approximate surface area is 209 Å². The van der Waals surface area contributed by atoms with Crippen molar-refractivity contribution in [2.75, 3.05) is 11.4 Å². The lowest BCUT2D eigenvalue weighted by Crippen LogP contribution is -2.61. The molecule has 8 heteroatoms. The Bertz CT molecular complexity index is 1310. The molecule has 0 bridgehead atoms. The highest BCUT2D eigenvalue weighted by Gasteiger charge is 2.46. The predicted molar refractivity (Wildman–Crippen MR) is 136 cm³/mol. The summed E-state index contributed by atoms with van der Waals surface area (Å²) in [4.78, 5) is 32.5. The number of rotatable bonds is 3. The molecule has 1 aliphatic carbocycles. The lowest BCUT2D eigenvalue weighted by atomic mass is 9.72. The summed E-state index contributed by atoms with van der Waals surface area (Å²) in [6, 6.07) is 13.5. The van der Waals surface area contributed by atoms with Crippen LogP contribution in [-0.2, 0) is 4.79 Å². The molecule has 7 nitrogen and oxygen atoms in total. The van der Waals surface area contributed by atoms with Crippen LogP contribution in [0.4, 0.5) is 10.5 Å². The van der Waals surface area contributed by atoms with Crippen molar-refractivity contribution in [1.82, 2.24) is 21.2 Å². The maximum Gasteiger partial charge on any atom is 0.329 e. The molecular weight excluding hydrogens is 462 g/mol. The molecule has 0 radical (unpaired) electrons. The first-order valence-corrected chi connectivity index (χ1v) is 12.6. The van der Waals surface area contributed by atoms with Gasteiger partial charge >= 0.3 is 6.03 Å². The molecule has 35 heavy (non-hydrogen) atoms. The van der Waals surface area contributed by atoms with Crippen molar-refractivity contribution in [3.8, 4) is 0 Å². The van der Waals surface area contributed by atoms with Crippen molar-refractivity contribution < 1.29 is 9.59 Å². The van der Waals surface area contributed by atoms with E-state index in [1.165, 1.54) is 10.5 Å². The number of carbonyl (C=O) groups is 2. The predicted octanol–water partition coefficient (Wildman–Crippen LogP) is 4.48. The van der Waals surface area contributed by atoms with Crippen LogP contribution in [0.25, 0.3) is 10.8 Å². The van der Waals surface area contributed by atoms with Gasteiger partial charge in [-0.25, -0.2) is 9.69 Å². The fourth-order valence-electron chi connectivity index (χ4n) is 6.18. The lowest BCUT2D eigenvalue weighted by Gasteiger charge is -2.43. The van der Waals surface area contributed by atoms with E-state index in [-0.39, 0.29) is 29.8 Å². The molecule has 2 saturated heterocycles. The van der Waals surface area contributed by atoms with Gasteiger partial charge in [-0.2, -0.15) is 0 Å². The highest BCUT2D eigenvalue weighted by Crippen LogP contribution is 2.45. The zero-order valence-corrected chi connectivity index (χ0v) is 20.3. The zero-order chi connectivity index (χ0) is 24.1. The molecule has 2 aliphatic heterocycles. The molecule has 5 unspecified atom stereocenters. The summed E-state index contributed by atoms with van der Waals surface area (Å²) in [5.41, 5.74) is 9.51. The van der Waals surface area contributed by atoms with Crippen molar-refractivity contribution in [2.45, 2.75) is 50.1 Å². The van der Waals surface area contributed by atoms with Crippen LogP contribution >= 0.6 is 11.6 Å². The molecule has 3 aliphatic rings. The quantitative estimate of drug-likeness (QED) is 0.505. The Hall–Kier alpha value is -3.00. The number of aromatic nitrogens is 1. The van der Waals surface area contributed by atoms with Gasteiger partial charge in [0.2, 0.25) is 5.91 Å². The number of anilines is 1. The Morgan fingerprint density at radius 2 is 1.89 bits per heavy atom. The summed E-state index contributed by atoms with van der Waals surface area (Å²) in [7, 11) is 0. The van der Waals surface area contributed by atoms with Gasteiger partial charge in [0.05, 0.1) is 17.8 Å². The van der Waals surface area contributed by atoms with Crippen LogP contribution in [0, 0.1) is 5.92 Å². The zero-order valence-electron chi connectivity index (χ0n) is 19.5. The summed E-state index contributed by atoms with van der Waals surface area (Å²) in [6.45, 7) is 3.01. The minimum Gasteiger partial charge on any atom is -0.334 e. The van der Waals surface area contributed by atoms with E-state index in [9.17, 15) is 9.59 Å². The van der Waals surface area contributed by atoms with Gasteiger partial charge in [-0.1, -0.05) is 48.0 Å². The van der Waals surface area contributed by atoms with Gasteiger partial charge < -0.3 is 5.32 Å². The number of urea groups is 1. The van der Waals surface area contributed by atoms with E-state index in [0.717, 1.165) is 34.3 Å². The van der Waals surface area contributed by atoms with Crippen molar-refractivity contribution in [3.63, 3.8) is 0 Å². The number of halogens is 1. The normalized spacial score (nSPS) is 28.7. The Balaban J connectivity index is 1.29. The largest absolute Gasteiger partial charge is 0.334 e. The average molecular weight is 490 g/mol. The number of amides is 3. The van der Waals surface area contributed by atoms with E-state index < -0.39 is 0 Å². The fourth-order valence-corrected chi connectivity index (χ4v) is 6.51. The van der Waals surface area contributed by atoms with E-state index in [1.54, 1.807) is 12.4 Å². The number of hydrogen-bond donors (Lipinski definition) is 3. The van der Waals surface area contributed by atoms with Gasteiger partial charge in [0, 0.05) is 46.5 Å². The van der Waals surface area contributed by atoms with Gasteiger partial charge in [0.25, 0.3) is 0 Å². The molecule has 180 valence electrons. The third-order valence-electron chi connectivity index (χ3n) is 7.94. The number of nitrogens with one attached hydrogen (secondary N) is 3. The fraction of sp³-hybridized carbons (Fsp3) is 0.370. The average Bonchev–Trinajstić information content (AvgIpc) is 3.29. The van der Waals surface area contributed by atoms with Crippen molar-refractivity contribution in [1.29, 1.82) is 0 Å². The van der Waals surface area contributed by atoms with Crippen LogP contribution in [0.3, 0.4) is 0 Å². The molecule has 5 atom stereocenters. The number of pyridine rings is 1. The van der Waals surface area contributed by atoms with Gasteiger partial charge in [-0.3, -0.25) is 20.6 Å². The monoisotopic (exact) mass is 489 g/mol. The molecule has 2 aromatic carbocycles. The van der Waals surface area contributed by atoms with Crippen molar-refractivity contribution in [3.05, 3.63) is 71.0 Å². The first-order chi connectivity index (χ1) is 17.0. The molecule has 6 rings (SSSR count). The van der Waals surface area contributed by atoms with Crippen LogP contribution < -0.4 is 21.1 Å². The second kappa shape index (κ2) is 8.90. The molecule has 3 fully saturated rings. The molecule has 0 spiro atoms. The SMILES string of the molecule is CC1NNCC1c1cccc(Cl)c1C1CCC2C(=O)N(c3cncc4ccccc34)C(=O)NC2C1. The van der Waals surface area contributed by atoms with Gasteiger partial charge in [0.15, 0.2) is 0 Å². The van der Waals surface area contributed by atoms with Crippen LogP contribution in [-0.4, -0.2) is 35.6 Å². The third-order valence-corrected chi connectivity index (χ3v) is 8.27. The molecule has 1 aromatic heterocycles. The van der Waals surface area contributed by atoms with E-state index >= 15 is 0 Å². The lowest BCUT2D eigenvalue weighted by molar-refractivity contribution is -0.124. The molecule has 3 N–H and O–H groups in total. The maximum absolute atomic E-state index is 13.6. The minimum atomic E-state index is -0.382. The number of hydrazine groups is 1. The minimum absolute atomic E-state index is 0.146. The van der Waals surface area contributed by atoms with Crippen LogP contribution in [0.1, 0.15) is 49.1 Å². The number of fused-ring (bicyclic) bond motifs is 2. The number of hydrogen-bond acceptors (Lipinski definition) is 5. The Morgan fingerprint density at radius 1 is 1.03 bits per heavy atom. The molecule has 1 saturated carbocycles. The summed E-state index contributed by atoms with van der Waals surface area (Å²) in [5, 5.41) is 5.65. The second-order valence-corrected chi connectivity index (χ2v) is 10.3. The number of imide groups is 1. The number of benzene rings is 2. The highest BCUT2D eigenvalue weighted by atomic mass is 35.5. The molecule has 3 heterocycles. The summed E-state index contributed by atoms with van der Waals surface area (Å²) < 4.78 is 0. The number of nitrogens with zero attached hydrogens (tertiary/aromatic N) is 2. The highest BCUT2D eigenvalue weighted by molar-refractivity contribution is 6.31. The summed E-state index contributed by atoms with van der Waals surface area (Å²) >= 11 is 6.77. The Morgan fingerprint density at radius 3 is 2.71 bits per heavy atom. The van der Waals surface area contributed by atoms with E-state index in [4.69, 9.17) is 11.6 Å². The van der Waals surface area contributed by atoms with Gasteiger partial charge in [-0.15, -0.1) is 0 Å². The summed E-state index contributed by atoms with van der Waals surface area (Å²) in [5.74, 6) is 0.0973. The van der Waals surface area contributed by atoms with Gasteiger partial charge in [-0.05, 0) is 49.3 Å². The first kappa shape index (κ1) is 22.5. The van der Waals surface area contributed by atoms with E-state index in [1.807, 2.05) is 36.4 Å². The van der Waals surface area contributed by atoms with Crippen LogP contribution in [0.2, 0.25) is 5.02 Å². The molecule has 3 aromatic rings. The van der Waals surface area contributed by atoms with Crippen LogP contribution in [0.5, 0.6) is 0 Å². The third kappa shape index (κ3) is 3.78. The van der Waals surface area contributed by atoms with Crippen molar-refractivity contribution in [2.24, 2.45) is 5.92 Å². The number of carbonyl (C=O) groups excluding carboxylic acids is 2. The topological polar surface area (TPSA) is 86.4 Å². The molecular formula is C27H28ClN5O2. The standard InChI is InChI=1S/C27H28ClN5O2/c1-15-21(13-30-32-15)19-7-4-8-22(28)25(19)16-9-10-20-23(11-16)31-27(35)33(26(20)34)24-14-29-12-17-5-2-3-6-18(17)24/h2-8,12,14-16,20-21,23,30,32H,9-11,13H2,1H3,(H,31,35). The van der Waals surface area contributed by atoms with Crippen molar-refractivity contribution >= 4 is 40.0 Å². The first-order valence-electron chi connectivity index (χ1n) is 12.3. The maximum atomic E-state index is 13.6. The van der Waals surface area contributed by atoms with Gasteiger partial charge in [0.1, 0.15) is 0 Å². The van der Waals surface area contributed by atoms with E-state index in [2.05, 4.69) is 34.1 Å². The smallest absolute Gasteiger partial charge is 0.329 e. The Kier molecular flexibility index (Phi) is 5.71. The molecule has 3 amide bonds. The second-order valence-electron chi connectivity index (χ2n) is 9.89. The summed E-state index contributed by atoms with van der Waals surface area (Å²) in [6.07, 6.45) is 5.60.